The molecule has 0 saturated carbocycles. The minimum atomic E-state index is 0.839. The maximum atomic E-state index is 3.46. The van der Waals surface area contributed by atoms with Crippen LogP contribution in [0.2, 0.25) is 0 Å². The number of hydrogen-bond donors (Lipinski definition) is 1. The van der Waals surface area contributed by atoms with Gasteiger partial charge in [-0.3, -0.25) is 0 Å². The Labute approximate surface area is 77.9 Å². The molecule has 0 aromatic carbocycles. The molecule has 2 atom stereocenters. The van der Waals surface area contributed by atoms with Crippen molar-refractivity contribution in [3.05, 3.63) is 0 Å². The number of hydrogen-bond acceptors (Lipinski definition) is 1. The lowest BCUT2D eigenvalue weighted by atomic mass is 9.95. The lowest BCUT2D eigenvalue weighted by Crippen LogP contribution is -2.22. The lowest BCUT2D eigenvalue weighted by molar-refractivity contribution is 0.388. The normalized spacial score (nSPS) is 16.0. The summed E-state index contributed by atoms with van der Waals surface area (Å²) in [4.78, 5) is 0. The quantitative estimate of drug-likeness (QED) is 0.580. The zero-order valence-corrected chi connectivity index (χ0v) is 9.19. The van der Waals surface area contributed by atoms with Gasteiger partial charge >= 0.3 is 0 Å². The zero-order chi connectivity index (χ0) is 9.40. The summed E-state index contributed by atoms with van der Waals surface area (Å²) in [5.74, 6) is 1.73. The van der Waals surface area contributed by atoms with Crippen LogP contribution in [0, 0.1) is 11.8 Å². The van der Waals surface area contributed by atoms with E-state index in [1.54, 1.807) is 0 Å². The van der Waals surface area contributed by atoms with Gasteiger partial charge in [0.2, 0.25) is 0 Å². The van der Waals surface area contributed by atoms with Crippen molar-refractivity contribution in [2.75, 3.05) is 13.1 Å². The molecular formula is C11H25N. The molecule has 0 spiro atoms. The molecule has 0 saturated heterocycles. The molecule has 0 amide bonds. The van der Waals surface area contributed by atoms with E-state index in [0.717, 1.165) is 11.8 Å². The van der Waals surface area contributed by atoms with E-state index in [1.807, 2.05) is 0 Å². The molecule has 0 rings (SSSR count). The van der Waals surface area contributed by atoms with Crippen LogP contribution in [0.5, 0.6) is 0 Å². The van der Waals surface area contributed by atoms with E-state index in [4.69, 9.17) is 0 Å². The second-order valence-electron chi connectivity index (χ2n) is 4.06. The average Bonchev–Trinajstić information content (AvgIpc) is 2.05. The van der Waals surface area contributed by atoms with E-state index >= 15 is 0 Å². The number of nitrogens with one attached hydrogen (secondary N) is 1. The van der Waals surface area contributed by atoms with Gasteiger partial charge in [0.05, 0.1) is 0 Å². The Balaban J connectivity index is 3.26. The van der Waals surface area contributed by atoms with Crippen molar-refractivity contribution in [2.24, 2.45) is 11.8 Å². The molecule has 2 unspecified atom stereocenters. The topological polar surface area (TPSA) is 12.0 Å². The molecule has 0 radical (unpaired) electrons. The first-order valence-electron chi connectivity index (χ1n) is 5.41. The smallest absolute Gasteiger partial charge is 0.00231 e. The molecule has 12 heavy (non-hydrogen) atoms. The largest absolute Gasteiger partial charge is 0.316 e. The molecule has 74 valence electrons. The monoisotopic (exact) mass is 171 g/mol. The maximum Gasteiger partial charge on any atom is -0.00231 e. The van der Waals surface area contributed by atoms with Gasteiger partial charge in [0.25, 0.3) is 0 Å². The predicted molar refractivity (Wildman–Crippen MR) is 56.4 cm³/mol. The van der Waals surface area contributed by atoms with Crippen molar-refractivity contribution in [2.45, 2.75) is 47.0 Å². The summed E-state index contributed by atoms with van der Waals surface area (Å²) in [6, 6.07) is 0. The fourth-order valence-electron chi connectivity index (χ4n) is 1.46. The summed E-state index contributed by atoms with van der Waals surface area (Å²) in [6.45, 7) is 11.5. The standard InChI is InChI=1S/C11H25N/c1-5-7-12-9-11(4)8-10(3)6-2/h10-12H,5-9H2,1-4H3. The van der Waals surface area contributed by atoms with Crippen LogP contribution in [0.4, 0.5) is 0 Å². The zero-order valence-electron chi connectivity index (χ0n) is 9.19. The van der Waals surface area contributed by atoms with E-state index < -0.39 is 0 Å². The van der Waals surface area contributed by atoms with Crippen molar-refractivity contribution in [3.63, 3.8) is 0 Å². The van der Waals surface area contributed by atoms with Crippen molar-refractivity contribution < 1.29 is 0 Å². The Kier molecular flexibility index (Phi) is 7.58. The van der Waals surface area contributed by atoms with E-state index in [2.05, 4.69) is 33.0 Å². The first-order chi connectivity index (χ1) is 5.70. The van der Waals surface area contributed by atoms with Gasteiger partial charge in [-0.25, -0.2) is 0 Å². The highest BCUT2D eigenvalue weighted by Gasteiger charge is 2.05. The molecule has 0 heterocycles. The van der Waals surface area contributed by atoms with Crippen molar-refractivity contribution in [1.29, 1.82) is 0 Å². The lowest BCUT2D eigenvalue weighted by Gasteiger charge is -2.16. The average molecular weight is 171 g/mol. The molecule has 1 heteroatoms. The summed E-state index contributed by atoms with van der Waals surface area (Å²) < 4.78 is 0. The van der Waals surface area contributed by atoms with Crippen LogP contribution in [-0.4, -0.2) is 13.1 Å². The van der Waals surface area contributed by atoms with Gasteiger partial charge in [-0.2, -0.15) is 0 Å². The third-order valence-electron chi connectivity index (χ3n) is 2.42. The fourth-order valence-corrected chi connectivity index (χ4v) is 1.46. The van der Waals surface area contributed by atoms with E-state index in [-0.39, 0.29) is 0 Å². The molecule has 0 aliphatic heterocycles. The summed E-state index contributed by atoms with van der Waals surface area (Å²) in [7, 11) is 0. The van der Waals surface area contributed by atoms with Gasteiger partial charge in [-0.05, 0) is 37.8 Å². The molecule has 0 bridgehead atoms. The van der Waals surface area contributed by atoms with Crippen molar-refractivity contribution >= 4 is 0 Å². The summed E-state index contributed by atoms with van der Waals surface area (Å²) >= 11 is 0. The van der Waals surface area contributed by atoms with Gasteiger partial charge in [0, 0.05) is 0 Å². The highest BCUT2D eigenvalue weighted by atomic mass is 14.8. The third-order valence-corrected chi connectivity index (χ3v) is 2.42. The second-order valence-corrected chi connectivity index (χ2v) is 4.06. The maximum absolute atomic E-state index is 3.46. The van der Waals surface area contributed by atoms with Gasteiger partial charge in [0.15, 0.2) is 0 Å². The number of rotatable bonds is 7. The molecule has 1 N–H and O–H groups in total. The van der Waals surface area contributed by atoms with E-state index in [1.165, 1.54) is 32.4 Å². The van der Waals surface area contributed by atoms with Crippen LogP contribution in [0.25, 0.3) is 0 Å². The highest BCUT2D eigenvalue weighted by Crippen LogP contribution is 2.13. The molecule has 0 fully saturated rings. The van der Waals surface area contributed by atoms with Crippen molar-refractivity contribution in [1.82, 2.24) is 5.32 Å². The second kappa shape index (κ2) is 7.60. The van der Waals surface area contributed by atoms with Gasteiger partial charge in [-0.15, -0.1) is 0 Å². The Hall–Kier alpha value is -0.0400. The predicted octanol–water partition coefficient (Wildman–Crippen LogP) is 3.06. The van der Waals surface area contributed by atoms with Gasteiger partial charge < -0.3 is 5.32 Å². The van der Waals surface area contributed by atoms with Crippen LogP contribution in [0.3, 0.4) is 0 Å². The highest BCUT2D eigenvalue weighted by molar-refractivity contribution is 4.60. The minimum Gasteiger partial charge on any atom is -0.316 e. The summed E-state index contributed by atoms with van der Waals surface area (Å²) in [6.07, 6.45) is 3.93. The Morgan fingerprint density at radius 3 is 2.25 bits per heavy atom. The van der Waals surface area contributed by atoms with Crippen molar-refractivity contribution in [3.8, 4) is 0 Å². The third kappa shape index (κ3) is 6.66. The van der Waals surface area contributed by atoms with Gasteiger partial charge in [0.1, 0.15) is 0 Å². The SMILES string of the molecule is CCCNCC(C)CC(C)CC. The minimum absolute atomic E-state index is 0.839. The molecule has 0 aliphatic rings. The Bertz CT molecular complexity index is 91.0. The first kappa shape index (κ1) is 12.0. The van der Waals surface area contributed by atoms with Crippen LogP contribution < -0.4 is 5.32 Å². The summed E-state index contributed by atoms with van der Waals surface area (Å²) in [5.41, 5.74) is 0. The van der Waals surface area contributed by atoms with Crippen LogP contribution in [0.1, 0.15) is 47.0 Å². The Morgan fingerprint density at radius 1 is 1.08 bits per heavy atom. The van der Waals surface area contributed by atoms with Crippen LogP contribution in [-0.2, 0) is 0 Å². The fraction of sp³-hybridized carbons (Fsp3) is 1.00. The molecular weight excluding hydrogens is 146 g/mol. The first-order valence-corrected chi connectivity index (χ1v) is 5.41. The van der Waals surface area contributed by atoms with Crippen LogP contribution >= 0.6 is 0 Å². The molecule has 0 aliphatic carbocycles. The van der Waals surface area contributed by atoms with Gasteiger partial charge in [-0.1, -0.05) is 34.1 Å². The molecule has 0 aromatic heterocycles. The molecule has 1 nitrogen and oxygen atoms in total. The molecule has 0 aromatic rings. The van der Waals surface area contributed by atoms with Crippen LogP contribution in [0.15, 0.2) is 0 Å². The van der Waals surface area contributed by atoms with E-state index in [0.29, 0.717) is 0 Å². The Morgan fingerprint density at radius 2 is 1.75 bits per heavy atom. The van der Waals surface area contributed by atoms with E-state index in [9.17, 15) is 0 Å². The summed E-state index contributed by atoms with van der Waals surface area (Å²) in [5, 5.41) is 3.46.